The Labute approximate surface area is 149 Å². The Morgan fingerprint density at radius 1 is 1.31 bits per heavy atom. The highest BCUT2D eigenvalue weighted by Gasteiger charge is 2.13. The third-order valence-electron chi connectivity index (χ3n) is 3.77. The molecular formula is C17H18N4O5. The van der Waals surface area contributed by atoms with E-state index in [1.54, 1.807) is 18.3 Å². The minimum absolute atomic E-state index is 0.0918. The van der Waals surface area contributed by atoms with Crippen LogP contribution < -0.4 is 15.0 Å². The van der Waals surface area contributed by atoms with Crippen LogP contribution in [-0.4, -0.2) is 48.7 Å². The van der Waals surface area contributed by atoms with E-state index in [1.165, 1.54) is 18.2 Å². The van der Waals surface area contributed by atoms with Crippen molar-refractivity contribution in [2.75, 3.05) is 43.1 Å². The largest absolute Gasteiger partial charge is 0.484 e. The van der Waals surface area contributed by atoms with Gasteiger partial charge in [0, 0.05) is 19.2 Å². The third kappa shape index (κ3) is 4.67. The van der Waals surface area contributed by atoms with E-state index in [1.807, 2.05) is 6.07 Å². The van der Waals surface area contributed by atoms with Crippen LogP contribution in [0.3, 0.4) is 0 Å². The lowest BCUT2D eigenvalue weighted by Gasteiger charge is -2.27. The van der Waals surface area contributed by atoms with E-state index in [2.05, 4.69) is 15.2 Å². The fourth-order valence-electron chi connectivity index (χ4n) is 2.47. The number of nitrogens with zero attached hydrogens (tertiary/aromatic N) is 3. The quantitative estimate of drug-likeness (QED) is 0.620. The summed E-state index contributed by atoms with van der Waals surface area (Å²) in [6, 6.07) is 9.28. The zero-order chi connectivity index (χ0) is 18.4. The summed E-state index contributed by atoms with van der Waals surface area (Å²) >= 11 is 0. The zero-order valence-electron chi connectivity index (χ0n) is 14.0. The number of nitro groups is 1. The molecular weight excluding hydrogens is 340 g/mol. The van der Waals surface area contributed by atoms with Crippen LogP contribution in [0.5, 0.6) is 5.75 Å². The van der Waals surface area contributed by atoms with Gasteiger partial charge in [-0.25, -0.2) is 4.98 Å². The van der Waals surface area contributed by atoms with Gasteiger partial charge in [0.15, 0.2) is 6.61 Å². The molecule has 1 aliphatic rings. The number of hydrogen-bond donors (Lipinski definition) is 1. The molecule has 1 fully saturated rings. The highest BCUT2D eigenvalue weighted by Crippen LogP contribution is 2.19. The molecule has 0 saturated carbocycles. The van der Waals surface area contributed by atoms with Gasteiger partial charge in [-0.15, -0.1) is 0 Å². The van der Waals surface area contributed by atoms with Crippen LogP contribution in [0.25, 0.3) is 0 Å². The Hall–Kier alpha value is -3.20. The van der Waals surface area contributed by atoms with Crippen LogP contribution in [0.4, 0.5) is 17.2 Å². The first-order chi connectivity index (χ1) is 12.6. The summed E-state index contributed by atoms with van der Waals surface area (Å²) < 4.78 is 10.6. The number of carbonyl (C=O) groups is 1. The predicted molar refractivity (Wildman–Crippen MR) is 94.5 cm³/mol. The van der Waals surface area contributed by atoms with Crippen LogP contribution >= 0.6 is 0 Å². The predicted octanol–water partition coefficient (Wildman–Crippen LogP) is 1.84. The van der Waals surface area contributed by atoms with Crippen molar-refractivity contribution in [3.05, 3.63) is 52.7 Å². The van der Waals surface area contributed by atoms with E-state index >= 15 is 0 Å². The first kappa shape index (κ1) is 17.6. The van der Waals surface area contributed by atoms with Crippen molar-refractivity contribution in [2.24, 2.45) is 0 Å². The molecule has 2 aromatic rings. The molecule has 0 spiro atoms. The number of amides is 1. The Morgan fingerprint density at radius 3 is 2.81 bits per heavy atom. The fraction of sp³-hybridized carbons (Fsp3) is 0.294. The summed E-state index contributed by atoms with van der Waals surface area (Å²) in [5, 5.41) is 13.4. The van der Waals surface area contributed by atoms with E-state index in [0.29, 0.717) is 18.9 Å². The standard InChI is InChI=1S/C17H18N4O5/c22-17(12-26-15-3-1-2-14(10-15)21(23)24)19-13-4-5-16(18-11-13)20-6-8-25-9-7-20/h1-5,10-11H,6-9,12H2,(H,19,22). The van der Waals surface area contributed by atoms with E-state index in [4.69, 9.17) is 9.47 Å². The number of nitro benzene ring substituents is 1. The maximum Gasteiger partial charge on any atom is 0.273 e. The number of anilines is 2. The molecule has 9 heteroatoms. The monoisotopic (exact) mass is 358 g/mol. The van der Waals surface area contributed by atoms with Gasteiger partial charge in [-0.1, -0.05) is 6.07 Å². The van der Waals surface area contributed by atoms with Gasteiger partial charge in [0.25, 0.3) is 11.6 Å². The number of morpholine rings is 1. The molecule has 26 heavy (non-hydrogen) atoms. The number of nitrogens with one attached hydrogen (secondary N) is 1. The summed E-state index contributed by atoms with van der Waals surface area (Å²) in [5.41, 5.74) is 0.459. The average Bonchev–Trinajstić information content (AvgIpc) is 2.68. The SMILES string of the molecule is O=C(COc1cccc([N+](=O)[O-])c1)Nc1ccc(N2CCOCC2)nc1. The number of hydrogen-bond acceptors (Lipinski definition) is 7. The van der Waals surface area contributed by atoms with Crippen LogP contribution in [0.15, 0.2) is 42.6 Å². The number of pyridine rings is 1. The van der Waals surface area contributed by atoms with Crippen molar-refractivity contribution in [3.8, 4) is 5.75 Å². The van der Waals surface area contributed by atoms with E-state index < -0.39 is 4.92 Å². The molecule has 0 bridgehead atoms. The lowest BCUT2D eigenvalue weighted by molar-refractivity contribution is -0.384. The second-order valence-electron chi connectivity index (χ2n) is 5.60. The van der Waals surface area contributed by atoms with Crippen molar-refractivity contribution in [1.29, 1.82) is 0 Å². The van der Waals surface area contributed by atoms with Gasteiger partial charge in [-0.2, -0.15) is 0 Å². The molecule has 2 heterocycles. The van der Waals surface area contributed by atoms with Gasteiger partial charge < -0.3 is 19.7 Å². The molecule has 9 nitrogen and oxygen atoms in total. The van der Waals surface area contributed by atoms with Crippen molar-refractivity contribution in [3.63, 3.8) is 0 Å². The molecule has 136 valence electrons. The number of benzene rings is 1. The molecule has 0 unspecified atom stereocenters. The minimum atomic E-state index is -0.519. The van der Waals surface area contributed by atoms with Gasteiger partial charge in [0.1, 0.15) is 11.6 Å². The van der Waals surface area contributed by atoms with Crippen molar-refractivity contribution >= 4 is 23.1 Å². The first-order valence-electron chi connectivity index (χ1n) is 8.08. The van der Waals surface area contributed by atoms with Gasteiger partial charge in [0.05, 0.1) is 36.1 Å². The highest BCUT2D eigenvalue weighted by molar-refractivity contribution is 5.91. The van der Waals surface area contributed by atoms with Gasteiger partial charge in [-0.05, 0) is 18.2 Å². The topological polar surface area (TPSA) is 107 Å². The summed E-state index contributed by atoms with van der Waals surface area (Å²) in [6.07, 6.45) is 1.58. The molecule has 1 N–H and O–H groups in total. The van der Waals surface area contributed by atoms with Crippen LogP contribution in [0.2, 0.25) is 0 Å². The number of rotatable bonds is 6. The molecule has 3 rings (SSSR count). The van der Waals surface area contributed by atoms with Gasteiger partial charge >= 0.3 is 0 Å². The molecule has 1 amide bonds. The second-order valence-corrected chi connectivity index (χ2v) is 5.60. The lowest BCUT2D eigenvalue weighted by atomic mass is 10.3. The van der Waals surface area contributed by atoms with Crippen LogP contribution in [0.1, 0.15) is 0 Å². The van der Waals surface area contributed by atoms with Crippen LogP contribution in [0, 0.1) is 10.1 Å². The summed E-state index contributed by atoms with van der Waals surface area (Å²) in [7, 11) is 0. The van der Waals surface area contributed by atoms with E-state index in [0.717, 1.165) is 18.9 Å². The van der Waals surface area contributed by atoms with Crippen LogP contribution in [-0.2, 0) is 9.53 Å². The minimum Gasteiger partial charge on any atom is -0.484 e. The molecule has 1 aliphatic heterocycles. The molecule has 1 aromatic carbocycles. The fourth-order valence-corrected chi connectivity index (χ4v) is 2.47. The van der Waals surface area contributed by atoms with Crippen molar-refractivity contribution in [2.45, 2.75) is 0 Å². The molecule has 1 aromatic heterocycles. The van der Waals surface area contributed by atoms with Crippen molar-refractivity contribution in [1.82, 2.24) is 4.98 Å². The average molecular weight is 358 g/mol. The molecule has 0 radical (unpaired) electrons. The van der Waals surface area contributed by atoms with E-state index in [-0.39, 0.29) is 24.0 Å². The molecule has 0 atom stereocenters. The number of ether oxygens (including phenoxy) is 2. The molecule has 0 aliphatic carbocycles. The first-order valence-corrected chi connectivity index (χ1v) is 8.08. The number of non-ortho nitro benzene ring substituents is 1. The number of carbonyl (C=O) groups excluding carboxylic acids is 1. The third-order valence-corrected chi connectivity index (χ3v) is 3.77. The van der Waals surface area contributed by atoms with Gasteiger partial charge in [-0.3, -0.25) is 14.9 Å². The maximum absolute atomic E-state index is 12.0. The summed E-state index contributed by atoms with van der Waals surface area (Å²) in [4.78, 5) is 28.6. The smallest absolute Gasteiger partial charge is 0.273 e. The normalized spacial score (nSPS) is 13.9. The highest BCUT2D eigenvalue weighted by atomic mass is 16.6. The molecule has 1 saturated heterocycles. The Bertz CT molecular complexity index is 775. The summed E-state index contributed by atoms with van der Waals surface area (Å²) in [5.74, 6) is 0.715. The Morgan fingerprint density at radius 2 is 2.12 bits per heavy atom. The van der Waals surface area contributed by atoms with Crippen molar-refractivity contribution < 1.29 is 19.2 Å². The van der Waals surface area contributed by atoms with E-state index in [9.17, 15) is 14.9 Å². The number of aromatic nitrogens is 1. The Kier molecular flexibility index (Phi) is 5.59. The Balaban J connectivity index is 1.51. The zero-order valence-corrected chi connectivity index (χ0v) is 14.0. The lowest BCUT2D eigenvalue weighted by Crippen LogP contribution is -2.36. The second kappa shape index (κ2) is 8.26. The van der Waals surface area contributed by atoms with Gasteiger partial charge in [0.2, 0.25) is 0 Å². The maximum atomic E-state index is 12.0. The summed E-state index contributed by atoms with van der Waals surface area (Å²) in [6.45, 7) is 2.67.